The number of nitrogens with zero attached hydrogens (tertiary/aromatic N) is 1. The quantitative estimate of drug-likeness (QED) is 0.813. The summed E-state index contributed by atoms with van der Waals surface area (Å²) < 4.78 is 5.10. The number of rotatable bonds is 4. The largest absolute Gasteiger partial charge is 0.495 e. The Morgan fingerprint density at radius 2 is 1.92 bits per heavy atom. The van der Waals surface area contributed by atoms with E-state index in [0.717, 1.165) is 0 Å². The Morgan fingerprint density at radius 1 is 1.29 bits per heavy atom. The van der Waals surface area contributed by atoms with Crippen molar-refractivity contribution >= 4 is 35.6 Å². The molecule has 0 atom stereocenters. The van der Waals surface area contributed by atoms with Crippen LogP contribution in [0.1, 0.15) is 26.7 Å². The molecule has 1 aromatic rings. The van der Waals surface area contributed by atoms with E-state index in [4.69, 9.17) is 10.5 Å². The first-order chi connectivity index (χ1) is 10.9. The van der Waals surface area contributed by atoms with Crippen molar-refractivity contribution in [1.82, 2.24) is 4.90 Å². The van der Waals surface area contributed by atoms with Crippen LogP contribution in [-0.4, -0.2) is 36.9 Å². The zero-order valence-electron chi connectivity index (χ0n) is 14.4. The third-order valence-electron chi connectivity index (χ3n) is 4.17. The van der Waals surface area contributed by atoms with E-state index < -0.39 is 0 Å². The summed E-state index contributed by atoms with van der Waals surface area (Å²) in [5, 5.41) is 2.89. The molecule has 24 heavy (non-hydrogen) atoms. The van der Waals surface area contributed by atoms with Crippen LogP contribution in [0.15, 0.2) is 18.2 Å². The van der Waals surface area contributed by atoms with Gasteiger partial charge in [0.2, 0.25) is 11.8 Å². The Bertz CT molecular complexity index is 584. The van der Waals surface area contributed by atoms with Gasteiger partial charge in [0.1, 0.15) is 5.75 Å². The van der Waals surface area contributed by atoms with Crippen molar-refractivity contribution in [1.29, 1.82) is 0 Å². The molecular weight excluding hydrogens is 330 g/mol. The van der Waals surface area contributed by atoms with Crippen molar-refractivity contribution < 1.29 is 14.3 Å². The fourth-order valence-electron chi connectivity index (χ4n) is 2.78. The van der Waals surface area contributed by atoms with E-state index in [2.05, 4.69) is 5.32 Å². The molecule has 7 heteroatoms. The molecule has 0 unspecified atom stereocenters. The number of nitrogen functional groups attached to an aromatic ring is 1. The number of methoxy groups -OCH3 is 1. The minimum atomic E-state index is -0.0745. The molecule has 0 spiro atoms. The number of benzene rings is 1. The molecule has 6 nitrogen and oxygen atoms in total. The normalized spacial score (nSPS) is 14.9. The lowest BCUT2D eigenvalue weighted by Gasteiger charge is -2.32. The fraction of sp³-hybridized carbons (Fsp3) is 0.529. The van der Waals surface area contributed by atoms with Crippen molar-refractivity contribution in [2.45, 2.75) is 26.7 Å². The number of hydrogen-bond acceptors (Lipinski definition) is 4. The maximum absolute atomic E-state index is 12.4. The Morgan fingerprint density at radius 3 is 2.42 bits per heavy atom. The molecule has 3 N–H and O–H groups in total. The summed E-state index contributed by atoms with van der Waals surface area (Å²) in [7, 11) is 1.55. The van der Waals surface area contributed by atoms with Gasteiger partial charge in [0, 0.05) is 30.6 Å². The maximum atomic E-state index is 12.4. The fourth-order valence-corrected chi connectivity index (χ4v) is 2.78. The predicted octanol–water partition coefficient (Wildman–Crippen LogP) is 2.53. The third-order valence-corrected chi connectivity index (χ3v) is 4.17. The molecule has 2 rings (SSSR count). The number of nitrogens with one attached hydrogen (secondary N) is 1. The standard InChI is InChI=1S/C17H25N3O3.ClH/c1-11(2)17(22)20-8-6-12(7-9-20)16(21)19-13-4-5-15(23-3)14(18)10-13;/h4-5,10-12H,6-9,18H2,1-3H3,(H,19,21);1H. The number of hydrogen-bond donors (Lipinski definition) is 2. The smallest absolute Gasteiger partial charge is 0.227 e. The van der Waals surface area contributed by atoms with Gasteiger partial charge in [-0.25, -0.2) is 0 Å². The molecular formula is C17H26ClN3O3. The lowest BCUT2D eigenvalue weighted by molar-refractivity contribution is -0.137. The van der Waals surface area contributed by atoms with Crippen molar-refractivity contribution in [3.8, 4) is 5.75 Å². The number of ether oxygens (including phenoxy) is 1. The lowest BCUT2D eigenvalue weighted by atomic mass is 9.95. The molecule has 0 aliphatic carbocycles. The van der Waals surface area contributed by atoms with Crippen LogP contribution in [0, 0.1) is 11.8 Å². The number of anilines is 2. The number of carbonyl (C=O) groups is 2. The van der Waals surface area contributed by atoms with Gasteiger partial charge in [0.05, 0.1) is 12.8 Å². The molecule has 1 saturated heterocycles. The second-order valence-corrected chi connectivity index (χ2v) is 6.20. The molecule has 134 valence electrons. The monoisotopic (exact) mass is 355 g/mol. The topological polar surface area (TPSA) is 84.7 Å². The Hall–Kier alpha value is -1.95. The second kappa shape index (κ2) is 8.78. The molecule has 0 saturated carbocycles. The Balaban J connectivity index is 0.00000288. The molecule has 0 radical (unpaired) electrons. The van der Waals surface area contributed by atoms with Crippen molar-refractivity contribution in [2.24, 2.45) is 11.8 Å². The third kappa shape index (κ3) is 4.77. The minimum Gasteiger partial charge on any atom is -0.495 e. The van der Waals surface area contributed by atoms with Gasteiger partial charge in [-0.2, -0.15) is 0 Å². The molecule has 1 aliphatic heterocycles. The number of amides is 2. The predicted molar refractivity (Wildman–Crippen MR) is 97.4 cm³/mol. The van der Waals surface area contributed by atoms with Gasteiger partial charge in [0.25, 0.3) is 0 Å². The van der Waals surface area contributed by atoms with Gasteiger partial charge in [-0.15, -0.1) is 12.4 Å². The van der Waals surface area contributed by atoms with Gasteiger partial charge in [0.15, 0.2) is 0 Å². The highest BCUT2D eigenvalue weighted by Gasteiger charge is 2.28. The highest BCUT2D eigenvalue weighted by Crippen LogP contribution is 2.26. The van der Waals surface area contributed by atoms with Crippen LogP contribution in [0.2, 0.25) is 0 Å². The van der Waals surface area contributed by atoms with E-state index in [0.29, 0.717) is 43.1 Å². The van der Waals surface area contributed by atoms with Gasteiger partial charge >= 0.3 is 0 Å². The van der Waals surface area contributed by atoms with Crippen LogP contribution in [0.25, 0.3) is 0 Å². The second-order valence-electron chi connectivity index (χ2n) is 6.20. The highest BCUT2D eigenvalue weighted by atomic mass is 35.5. The van der Waals surface area contributed by atoms with E-state index >= 15 is 0 Å². The SMILES string of the molecule is COc1ccc(NC(=O)C2CCN(C(=O)C(C)C)CC2)cc1N.Cl. The van der Waals surface area contributed by atoms with Crippen LogP contribution in [0.5, 0.6) is 5.75 Å². The highest BCUT2D eigenvalue weighted by molar-refractivity contribution is 5.93. The van der Waals surface area contributed by atoms with Gasteiger partial charge in [-0.05, 0) is 31.0 Å². The van der Waals surface area contributed by atoms with Crippen molar-refractivity contribution in [2.75, 3.05) is 31.2 Å². The zero-order valence-corrected chi connectivity index (χ0v) is 15.2. The van der Waals surface area contributed by atoms with Crippen molar-refractivity contribution in [3.63, 3.8) is 0 Å². The van der Waals surface area contributed by atoms with Gasteiger partial charge < -0.3 is 20.7 Å². The van der Waals surface area contributed by atoms with Crippen molar-refractivity contribution in [3.05, 3.63) is 18.2 Å². The Labute approximate surface area is 149 Å². The Kier molecular flexibility index (Phi) is 7.35. The number of likely N-dealkylation sites (tertiary alicyclic amines) is 1. The number of nitrogens with two attached hydrogens (primary N) is 1. The first-order valence-corrected chi connectivity index (χ1v) is 7.95. The summed E-state index contributed by atoms with van der Waals surface area (Å²) in [5.74, 6) is 0.652. The van der Waals surface area contributed by atoms with Crippen LogP contribution < -0.4 is 15.8 Å². The molecule has 0 aromatic heterocycles. The molecule has 0 bridgehead atoms. The van der Waals surface area contributed by atoms with Crippen LogP contribution >= 0.6 is 12.4 Å². The average molecular weight is 356 g/mol. The number of halogens is 1. The van der Waals surface area contributed by atoms with E-state index in [1.54, 1.807) is 25.3 Å². The summed E-state index contributed by atoms with van der Waals surface area (Å²) in [6.07, 6.45) is 1.38. The van der Waals surface area contributed by atoms with E-state index in [1.165, 1.54) is 0 Å². The zero-order chi connectivity index (χ0) is 17.0. The van der Waals surface area contributed by atoms with Crippen LogP contribution in [0.4, 0.5) is 11.4 Å². The maximum Gasteiger partial charge on any atom is 0.227 e. The minimum absolute atomic E-state index is 0. The van der Waals surface area contributed by atoms with Gasteiger partial charge in [-0.3, -0.25) is 9.59 Å². The summed E-state index contributed by atoms with van der Waals surface area (Å²) in [4.78, 5) is 26.2. The average Bonchev–Trinajstić information content (AvgIpc) is 2.54. The molecule has 1 aromatic carbocycles. The summed E-state index contributed by atoms with van der Waals surface area (Å²) >= 11 is 0. The van der Waals surface area contributed by atoms with E-state index in [1.807, 2.05) is 18.7 Å². The van der Waals surface area contributed by atoms with Crippen LogP contribution in [-0.2, 0) is 9.59 Å². The molecule has 1 fully saturated rings. The number of carbonyl (C=O) groups excluding carboxylic acids is 2. The number of piperidine rings is 1. The van der Waals surface area contributed by atoms with E-state index in [-0.39, 0.29) is 36.1 Å². The van der Waals surface area contributed by atoms with E-state index in [9.17, 15) is 9.59 Å². The van der Waals surface area contributed by atoms with Crippen LogP contribution in [0.3, 0.4) is 0 Å². The first-order valence-electron chi connectivity index (χ1n) is 7.95. The summed E-state index contributed by atoms with van der Waals surface area (Å²) in [5.41, 5.74) is 7.00. The van der Waals surface area contributed by atoms with Gasteiger partial charge in [-0.1, -0.05) is 13.8 Å². The first kappa shape index (κ1) is 20.1. The molecule has 1 heterocycles. The lowest BCUT2D eigenvalue weighted by Crippen LogP contribution is -2.43. The molecule has 1 aliphatic rings. The summed E-state index contributed by atoms with van der Waals surface area (Å²) in [6, 6.07) is 5.19. The summed E-state index contributed by atoms with van der Waals surface area (Å²) in [6.45, 7) is 5.07. The molecule has 2 amide bonds.